The van der Waals surface area contributed by atoms with E-state index in [4.69, 9.17) is 11.6 Å². The Kier molecular flexibility index (Phi) is 6.90. The van der Waals surface area contributed by atoms with Crippen molar-refractivity contribution in [1.29, 1.82) is 0 Å². The van der Waals surface area contributed by atoms with E-state index in [1.54, 1.807) is 0 Å². The van der Waals surface area contributed by atoms with E-state index < -0.39 is 5.60 Å². The first-order valence-electron chi connectivity index (χ1n) is 9.68. The smallest absolute Gasteiger partial charge is 0.0980 e. The molecule has 0 heterocycles. The molecule has 3 heteroatoms. The molecule has 0 aliphatic carbocycles. The van der Waals surface area contributed by atoms with Gasteiger partial charge >= 0.3 is 0 Å². The topological polar surface area (TPSA) is 23.5 Å². The van der Waals surface area contributed by atoms with Gasteiger partial charge in [0, 0.05) is 23.9 Å². The Morgan fingerprint density at radius 3 is 1.89 bits per heavy atom. The quantitative estimate of drug-likeness (QED) is 0.569. The minimum Gasteiger partial charge on any atom is -0.384 e. The van der Waals surface area contributed by atoms with Gasteiger partial charge in [-0.05, 0) is 49.3 Å². The number of benzene rings is 3. The first-order valence-corrected chi connectivity index (χ1v) is 10.1. The van der Waals surface area contributed by atoms with Crippen LogP contribution in [0.2, 0.25) is 5.02 Å². The van der Waals surface area contributed by atoms with Gasteiger partial charge in [0.25, 0.3) is 0 Å². The molecular formula is C25H28ClNO. The van der Waals surface area contributed by atoms with Gasteiger partial charge in [-0.2, -0.15) is 0 Å². The fourth-order valence-electron chi connectivity index (χ4n) is 3.85. The SMILES string of the molecule is CN(C)C[C@H](Cc1ccccc1)[C@@](O)(Cc1ccccc1)c1ccc(Cl)cc1. The second kappa shape index (κ2) is 9.38. The van der Waals surface area contributed by atoms with Gasteiger partial charge in [-0.1, -0.05) is 84.4 Å². The van der Waals surface area contributed by atoms with Crippen LogP contribution in [0.4, 0.5) is 0 Å². The normalized spacial score (nSPS) is 14.6. The summed E-state index contributed by atoms with van der Waals surface area (Å²) in [5.74, 6) is 0.0197. The number of hydrogen-bond donors (Lipinski definition) is 1. The van der Waals surface area contributed by atoms with Crippen molar-refractivity contribution in [2.24, 2.45) is 5.92 Å². The van der Waals surface area contributed by atoms with Crippen LogP contribution < -0.4 is 0 Å². The lowest BCUT2D eigenvalue weighted by Crippen LogP contribution is -2.43. The molecule has 1 N–H and O–H groups in total. The summed E-state index contributed by atoms with van der Waals surface area (Å²) in [5, 5.41) is 12.8. The van der Waals surface area contributed by atoms with Crippen LogP contribution in [-0.4, -0.2) is 30.6 Å². The highest BCUT2D eigenvalue weighted by Crippen LogP contribution is 2.36. The van der Waals surface area contributed by atoms with Crippen molar-refractivity contribution in [2.45, 2.75) is 18.4 Å². The van der Waals surface area contributed by atoms with Crippen LogP contribution >= 0.6 is 11.6 Å². The molecule has 0 amide bonds. The minimum absolute atomic E-state index is 0.0197. The molecule has 0 radical (unpaired) electrons. The van der Waals surface area contributed by atoms with E-state index in [1.165, 1.54) is 5.56 Å². The summed E-state index contributed by atoms with van der Waals surface area (Å²) in [5.41, 5.74) is 2.25. The van der Waals surface area contributed by atoms with E-state index in [1.807, 2.05) is 48.5 Å². The molecule has 3 aromatic carbocycles. The maximum Gasteiger partial charge on any atom is 0.0980 e. The number of halogens is 1. The molecule has 146 valence electrons. The monoisotopic (exact) mass is 393 g/mol. The largest absolute Gasteiger partial charge is 0.384 e. The summed E-state index contributed by atoms with van der Waals surface area (Å²) in [6.45, 7) is 0.779. The van der Waals surface area contributed by atoms with Crippen LogP contribution in [0.15, 0.2) is 84.9 Å². The lowest BCUT2D eigenvalue weighted by Gasteiger charge is -2.39. The Morgan fingerprint density at radius 1 is 0.821 bits per heavy atom. The van der Waals surface area contributed by atoms with Crippen LogP contribution in [0, 0.1) is 5.92 Å². The van der Waals surface area contributed by atoms with Crippen LogP contribution in [0.5, 0.6) is 0 Å². The average molecular weight is 394 g/mol. The highest BCUT2D eigenvalue weighted by molar-refractivity contribution is 6.30. The minimum atomic E-state index is -1.01. The van der Waals surface area contributed by atoms with Gasteiger partial charge in [0.2, 0.25) is 0 Å². The van der Waals surface area contributed by atoms with Crippen molar-refractivity contribution in [3.63, 3.8) is 0 Å². The third-order valence-corrected chi connectivity index (χ3v) is 5.50. The van der Waals surface area contributed by atoms with E-state index >= 15 is 0 Å². The second-order valence-electron chi connectivity index (χ2n) is 7.74. The number of hydrogen-bond acceptors (Lipinski definition) is 2. The molecule has 3 rings (SSSR count). The summed E-state index contributed by atoms with van der Waals surface area (Å²) in [6, 6.07) is 28.3. The summed E-state index contributed by atoms with van der Waals surface area (Å²) in [7, 11) is 4.12. The van der Waals surface area contributed by atoms with Crippen molar-refractivity contribution >= 4 is 11.6 Å². The number of nitrogens with zero attached hydrogens (tertiary/aromatic N) is 1. The Balaban J connectivity index is 2.03. The van der Waals surface area contributed by atoms with Gasteiger partial charge in [-0.15, -0.1) is 0 Å². The number of rotatable bonds is 8. The highest BCUT2D eigenvalue weighted by Gasteiger charge is 2.39. The molecule has 0 bridgehead atoms. The van der Waals surface area contributed by atoms with Crippen molar-refractivity contribution in [2.75, 3.05) is 20.6 Å². The molecule has 28 heavy (non-hydrogen) atoms. The third-order valence-electron chi connectivity index (χ3n) is 5.25. The summed E-state index contributed by atoms with van der Waals surface area (Å²) < 4.78 is 0. The lowest BCUT2D eigenvalue weighted by molar-refractivity contribution is -0.0330. The van der Waals surface area contributed by atoms with Crippen LogP contribution in [0.25, 0.3) is 0 Å². The fourth-order valence-corrected chi connectivity index (χ4v) is 3.98. The van der Waals surface area contributed by atoms with Gasteiger partial charge < -0.3 is 10.0 Å². The summed E-state index contributed by atoms with van der Waals surface area (Å²) in [6.07, 6.45) is 1.35. The van der Waals surface area contributed by atoms with Crippen molar-refractivity contribution in [3.8, 4) is 0 Å². The molecule has 2 nitrogen and oxygen atoms in total. The predicted molar refractivity (Wildman–Crippen MR) is 118 cm³/mol. The molecule has 0 aromatic heterocycles. The summed E-state index contributed by atoms with van der Waals surface area (Å²) >= 11 is 6.13. The van der Waals surface area contributed by atoms with Crippen molar-refractivity contribution in [3.05, 3.63) is 107 Å². The van der Waals surface area contributed by atoms with Crippen molar-refractivity contribution in [1.82, 2.24) is 4.90 Å². The average Bonchev–Trinajstić information content (AvgIpc) is 2.69. The van der Waals surface area contributed by atoms with Crippen molar-refractivity contribution < 1.29 is 5.11 Å². The van der Waals surface area contributed by atoms with E-state index in [9.17, 15) is 5.11 Å². The molecule has 0 saturated carbocycles. The molecular weight excluding hydrogens is 366 g/mol. The highest BCUT2D eigenvalue weighted by atomic mass is 35.5. The molecule has 0 unspecified atom stereocenters. The Morgan fingerprint density at radius 2 is 1.36 bits per heavy atom. The van der Waals surface area contributed by atoms with Crippen LogP contribution in [0.3, 0.4) is 0 Å². The third kappa shape index (κ3) is 5.23. The number of aliphatic hydroxyl groups is 1. The van der Waals surface area contributed by atoms with E-state index in [0.29, 0.717) is 11.4 Å². The first-order chi connectivity index (χ1) is 13.5. The second-order valence-corrected chi connectivity index (χ2v) is 8.18. The van der Waals surface area contributed by atoms with E-state index in [-0.39, 0.29) is 5.92 Å². The zero-order valence-electron chi connectivity index (χ0n) is 16.6. The first kappa shape index (κ1) is 20.6. The molecule has 3 aromatic rings. The van der Waals surface area contributed by atoms with E-state index in [0.717, 1.165) is 24.1 Å². The Hall–Kier alpha value is -2.13. The van der Waals surface area contributed by atoms with Gasteiger partial charge in [-0.25, -0.2) is 0 Å². The molecule has 2 atom stereocenters. The molecule has 0 saturated heterocycles. The van der Waals surface area contributed by atoms with E-state index in [2.05, 4.69) is 55.4 Å². The lowest BCUT2D eigenvalue weighted by atomic mass is 9.74. The zero-order valence-corrected chi connectivity index (χ0v) is 17.3. The molecule has 0 spiro atoms. The van der Waals surface area contributed by atoms with Crippen LogP contribution in [-0.2, 0) is 18.4 Å². The van der Waals surface area contributed by atoms with Gasteiger partial charge in [-0.3, -0.25) is 0 Å². The van der Waals surface area contributed by atoms with Gasteiger partial charge in [0.1, 0.15) is 0 Å². The van der Waals surface area contributed by atoms with Gasteiger partial charge in [0.05, 0.1) is 5.60 Å². The van der Waals surface area contributed by atoms with Gasteiger partial charge in [0.15, 0.2) is 0 Å². The zero-order chi connectivity index (χ0) is 20.0. The molecule has 0 aliphatic rings. The summed E-state index contributed by atoms with van der Waals surface area (Å²) in [4.78, 5) is 2.15. The Labute approximate surface area is 173 Å². The molecule has 0 fully saturated rings. The maximum absolute atomic E-state index is 12.1. The fraction of sp³-hybridized carbons (Fsp3) is 0.280. The standard InChI is InChI=1S/C25H28ClNO/c1-27(2)19-23(17-20-9-5-3-6-10-20)25(28,18-21-11-7-4-8-12-21)22-13-15-24(26)16-14-22/h3-16,23,28H,17-19H2,1-2H3/t23-,25+/m0/s1. The maximum atomic E-state index is 12.1. The molecule has 0 aliphatic heterocycles. The predicted octanol–water partition coefficient (Wildman–Crippen LogP) is 5.19. The van der Waals surface area contributed by atoms with Crippen LogP contribution in [0.1, 0.15) is 16.7 Å². The Bertz CT molecular complexity index is 849.